The molecule has 0 bridgehead atoms. The Bertz CT molecular complexity index is 778. The Balaban J connectivity index is 0.00000264. The minimum atomic E-state index is -3.95. The highest BCUT2D eigenvalue weighted by atomic mass is 35.5. The van der Waals surface area contributed by atoms with E-state index in [4.69, 9.17) is 10.9 Å². The first-order valence-electron chi connectivity index (χ1n) is 6.83. The minimum absolute atomic E-state index is 0. The van der Waals surface area contributed by atoms with Gasteiger partial charge in [-0.05, 0) is 30.0 Å². The van der Waals surface area contributed by atoms with Crippen LogP contribution in [0.5, 0.6) is 0 Å². The largest absolute Gasteiger partial charge is 0.327 e. The van der Waals surface area contributed by atoms with E-state index in [1.54, 1.807) is 0 Å². The van der Waals surface area contributed by atoms with Crippen LogP contribution >= 0.6 is 12.4 Å². The van der Waals surface area contributed by atoms with Crippen LogP contribution in [0.3, 0.4) is 0 Å². The predicted octanol–water partition coefficient (Wildman–Crippen LogP) is 0.504. The molecule has 2 rings (SSSR count). The molecular weight excluding hydrogens is 362 g/mol. The minimum Gasteiger partial charge on any atom is -0.327 e. The second-order valence-corrected chi connectivity index (χ2v) is 9.74. The molecule has 0 amide bonds. The molecule has 1 atom stereocenters. The van der Waals surface area contributed by atoms with Gasteiger partial charge in [-0.3, -0.25) is 0 Å². The maximum Gasteiger partial charge on any atom is 0.243 e. The van der Waals surface area contributed by atoms with Crippen molar-refractivity contribution in [3.8, 4) is 0 Å². The number of piperidine rings is 1. The average molecular weight is 384 g/mol. The second kappa shape index (κ2) is 6.66. The summed E-state index contributed by atoms with van der Waals surface area (Å²) < 4.78 is 49.5. The van der Waals surface area contributed by atoms with Gasteiger partial charge >= 0.3 is 0 Å². The van der Waals surface area contributed by atoms with Crippen LogP contribution in [-0.2, 0) is 20.0 Å². The number of nitrogens with zero attached hydrogens (tertiary/aromatic N) is 1. The Hall–Kier alpha value is -0.710. The summed E-state index contributed by atoms with van der Waals surface area (Å²) >= 11 is 0. The van der Waals surface area contributed by atoms with E-state index < -0.39 is 20.0 Å². The highest BCUT2D eigenvalue weighted by Crippen LogP contribution is 2.31. The van der Waals surface area contributed by atoms with E-state index in [1.807, 2.05) is 13.8 Å². The third kappa shape index (κ3) is 4.23. The quantitative estimate of drug-likeness (QED) is 0.786. The van der Waals surface area contributed by atoms with Crippen LogP contribution in [0.4, 0.5) is 0 Å². The number of hydrogen-bond donors (Lipinski definition) is 2. The summed E-state index contributed by atoms with van der Waals surface area (Å²) in [5.41, 5.74) is 5.68. The fourth-order valence-corrected chi connectivity index (χ4v) is 4.80. The molecule has 1 fully saturated rings. The lowest BCUT2D eigenvalue weighted by Gasteiger charge is -2.41. The van der Waals surface area contributed by atoms with Gasteiger partial charge in [-0.25, -0.2) is 22.0 Å². The molecule has 23 heavy (non-hydrogen) atoms. The molecule has 0 radical (unpaired) electrons. The van der Waals surface area contributed by atoms with E-state index in [0.29, 0.717) is 13.0 Å². The average Bonchev–Trinajstić information content (AvgIpc) is 2.41. The zero-order chi connectivity index (χ0) is 16.8. The summed E-state index contributed by atoms with van der Waals surface area (Å²) in [7, 11) is -7.73. The summed E-state index contributed by atoms with van der Waals surface area (Å²) in [6, 6.07) is 5.02. The smallest absolute Gasteiger partial charge is 0.243 e. The Labute approximate surface area is 143 Å². The van der Waals surface area contributed by atoms with Crippen molar-refractivity contribution in [2.45, 2.75) is 36.1 Å². The molecule has 1 aromatic carbocycles. The van der Waals surface area contributed by atoms with Crippen LogP contribution < -0.4 is 10.9 Å². The van der Waals surface area contributed by atoms with Gasteiger partial charge in [0.1, 0.15) is 0 Å². The standard InChI is InChI=1S/C13H21N3O4S2.ClH/c1-13(2)9-16(7-6-12(13)14)22(19,20)11-5-3-4-10(8-11)21(15,17)18;/h3-5,8,12H,6-7,9,14H2,1-2H3,(H2,15,17,18);1H. The van der Waals surface area contributed by atoms with Gasteiger partial charge in [0.25, 0.3) is 0 Å². The molecule has 1 unspecified atom stereocenters. The van der Waals surface area contributed by atoms with E-state index in [2.05, 4.69) is 0 Å². The Morgan fingerprint density at radius 1 is 1.17 bits per heavy atom. The fourth-order valence-electron chi connectivity index (χ4n) is 2.49. The number of halogens is 1. The van der Waals surface area contributed by atoms with Gasteiger partial charge < -0.3 is 5.73 Å². The molecule has 0 aliphatic carbocycles. The Morgan fingerprint density at radius 3 is 2.26 bits per heavy atom. The highest BCUT2D eigenvalue weighted by molar-refractivity contribution is 7.90. The molecule has 0 saturated carbocycles. The lowest BCUT2D eigenvalue weighted by atomic mass is 9.81. The fraction of sp³-hybridized carbons (Fsp3) is 0.538. The molecule has 1 saturated heterocycles. The highest BCUT2D eigenvalue weighted by Gasteiger charge is 2.38. The van der Waals surface area contributed by atoms with Crippen molar-refractivity contribution in [1.29, 1.82) is 0 Å². The first-order chi connectivity index (χ1) is 9.94. The van der Waals surface area contributed by atoms with Gasteiger partial charge in [-0.15, -0.1) is 12.4 Å². The Kier molecular flexibility index (Phi) is 5.88. The van der Waals surface area contributed by atoms with Gasteiger partial charge in [-0.1, -0.05) is 19.9 Å². The van der Waals surface area contributed by atoms with Gasteiger partial charge in [-0.2, -0.15) is 4.31 Å². The van der Waals surface area contributed by atoms with Crippen LogP contribution in [-0.4, -0.2) is 40.3 Å². The van der Waals surface area contributed by atoms with Gasteiger partial charge in [0, 0.05) is 19.1 Å². The molecular formula is C13H22ClN3O4S2. The number of benzene rings is 1. The van der Waals surface area contributed by atoms with Crippen molar-refractivity contribution < 1.29 is 16.8 Å². The zero-order valence-corrected chi connectivity index (χ0v) is 15.4. The number of primary sulfonamides is 1. The summed E-state index contributed by atoms with van der Waals surface area (Å²) in [4.78, 5) is -0.299. The van der Waals surface area contributed by atoms with Crippen molar-refractivity contribution in [2.24, 2.45) is 16.3 Å². The SMILES string of the molecule is CC1(C)CN(S(=O)(=O)c2cccc(S(N)(=O)=O)c2)CCC1N.Cl. The molecule has 7 nitrogen and oxygen atoms in total. The monoisotopic (exact) mass is 383 g/mol. The lowest BCUT2D eigenvalue weighted by molar-refractivity contribution is 0.155. The molecule has 4 N–H and O–H groups in total. The summed E-state index contributed by atoms with van der Waals surface area (Å²) in [5, 5.41) is 5.06. The van der Waals surface area contributed by atoms with Crippen LogP contribution in [0, 0.1) is 5.41 Å². The maximum absolute atomic E-state index is 12.7. The number of hydrogen-bond acceptors (Lipinski definition) is 5. The third-order valence-corrected chi connectivity index (χ3v) is 6.80. The predicted molar refractivity (Wildman–Crippen MR) is 90.2 cm³/mol. The van der Waals surface area contributed by atoms with Gasteiger partial charge in [0.2, 0.25) is 20.0 Å². The topological polar surface area (TPSA) is 124 Å². The van der Waals surface area contributed by atoms with E-state index in [-0.39, 0.29) is 40.2 Å². The molecule has 1 aliphatic heterocycles. The summed E-state index contributed by atoms with van der Waals surface area (Å²) in [5.74, 6) is 0. The van der Waals surface area contributed by atoms with Gasteiger partial charge in [0.15, 0.2) is 0 Å². The van der Waals surface area contributed by atoms with Crippen LogP contribution in [0.15, 0.2) is 34.1 Å². The second-order valence-electron chi connectivity index (χ2n) is 6.24. The third-order valence-electron chi connectivity index (χ3n) is 4.05. The van der Waals surface area contributed by atoms with Crippen LogP contribution in [0.1, 0.15) is 20.3 Å². The van der Waals surface area contributed by atoms with Gasteiger partial charge in [0.05, 0.1) is 9.79 Å². The van der Waals surface area contributed by atoms with E-state index >= 15 is 0 Å². The normalized spacial score (nSPS) is 22.3. The molecule has 10 heteroatoms. The molecule has 132 valence electrons. The van der Waals surface area contributed by atoms with Crippen molar-refractivity contribution in [1.82, 2.24) is 4.31 Å². The molecule has 1 aromatic rings. The summed E-state index contributed by atoms with van der Waals surface area (Å²) in [6.45, 7) is 4.43. The van der Waals surface area contributed by atoms with Crippen molar-refractivity contribution in [3.63, 3.8) is 0 Å². The van der Waals surface area contributed by atoms with E-state index in [0.717, 1.165) is 6.07 Å². The lowest BCUT2D eigenvalue weighted by Crippen LogP contribution is -2.53. The van der Waals surface area contributed by atoms with Crippen molar-refractivity contribution in [3.05, 3.63) is 24.3 Å². The molecule has 0 spiro atoms. The zero-order valence-electron chi connectivity index (χ0n) is 13.0. The maximum atomic E-state index is 12.7. The molecule has 1 aliphatic rings. The summed E-state index contributed by atoms with van der Waals surface area (Å²) in [6.07, 6.45) is 0.557. The van der Waals surface area contributed by atoms with Crippen molar-refractivity contribution >= 4 is 32.5 Å². The first kappa shape index (κ1) is 20.3. The van der Waals surface area contributed by atoms with Crippen LogP contribution in [0.2, 0.25) is 0 Å². The van der Waals surface area contributed by atoms with Crippen LogP contribution in [0.25, 0.3) is 0 Å². The number of nitrogens with two attached hydrogens (primary N) is 2. The molecule has 0 aromatic heterocycles. The first-order valence-corrected chi connectivity index (χ1v) is 9.82. The Morgan fingerprint density at radius 2 is 1.74 bits per heavy atom. The van der Waals surface area contributed by atoms with E-state index in [1.165, 1.54) is 22.5 Å². The van der Waals surface area contributed by atoms with E-state index in [9.17, 15) is 16.8 Å². The number of rotatable bonds is 3. The molecule has 1 heterocycles. The number of sulfonamides is 2. The van der Waals surface area contributed by atoms with Crippen molar-refractivity contribution in [2.75, 3.05) is 13.1 Å².